The molecule has 0 saturated carbocycles. The Balaban J connectivity index is 1.38. The molecule has 3 aromatic rings. The van der Waals surface area contributed by atoms with E-state index in [0.29, 0.717) is 24.7 Å². The second kappa shape index (κ2) is 10.0. The number of methoxy groups -OCH3 is 1. The van der Waals surface area contributed by atoms with Crippen LogP contribution < -0.4 is 20.5 Å². The summed E-state index contributed by atoms with van der Waals surface area (Å²) >= 11 is 0. The topological polar surface area (TPSA) is 111 Å². The van der Waals surface area contributed by atoms with Crippen LogP contribution in [-0.4, -0.2) is 65.6 Å². The van der Waals surface area contributed by atoms with Gasteiger partial charge in [0.05, 0.1) is 32.6 Å². The lowest BCUT2D eigenvalue weighted by molar-refractivity contribution is 0.0946. The van der Waals surface area contributed by atoms with Crippen LogP contribution in [-0.2, 0) is 11.3 Å². The lowest BCUT2D eigenvalue weighted by Gasteiger charge is -2.27. The molecule has 0 spiro atoms. The molecular weight excluding hydrogens is 412 g/mol. The number of carbonyl (C=O) groups is 1. The van der Waals surface area contributed by atoms with Crippen LogP contribution in [0.4, 0.5) is 5.82 Å². The van der Waals surface area contributed by atoms with Crippen LogP contribution in [0.5, 0.6) is 5.75 Å². The van der Waals surface area contributed by atoms with Gasteiger partial charge in [-0.25, -0.2) is 14.6 Å². The van der Waals surface area contributed by atoms with E-state index in [9.17, 15) is 9.59 Å². The van der Waals surface area contributed by atoms with Crippen molar-refractivity contribution >= 4 is 11.7 Å². The van der Waals surface area contributed by atoms with Gasteiger partial charge in [-0.05, 0) is 30.3 Å². The molecule has 1 saturated heterocycles. The standard InChI is InChI=1S/C22H24N6O4/c1-31-17-4-2-16(3-5-17)18-6-7-21(29)28(26-18)9-8-23-22(30)19-14-20(25-15-24-19)27-10-12-32-13-11-27/h2-7,14-15H,8-13H2,1H3,(H,23,30). The zero-order chi connectivity index (χ0) is 22.3. The van der Waals surface area contributed by atoms with Crippen LogP contribution in [0.1, 0.15) is 10.5 Å². The van der Waals surface area contributed by atoms with Crippen molar-refractivity contribution in [2.45, 2.75) is 6.54 Å². The molecule has 166 valence electrons. The maximum atomic E-state index is 12.5. The number of ether oxygens (including phenoxy) is 2. The first-order valence-electron chi connectivity index (χ1n) is 10.3. The number of nitrogens with zero attached hydrogens (tertiary/aromatic N) is 5. The highest BCUT2D eigenvalue weighted by atomic mass is 16.5. The Hall–Kier alpha value is -3.79. The molecule has 2 aromatic heterocycles. The van der Waals surface area contributed by atoms with E-state index in [-0.39, 0.29) is 30.2 Å². The number of hydrogen-bond acceptors (Lipinski definition) is 8. The van der Waals surface area contributed by atoms with Gasteiger partial charge in [-0.2, -0.15) is 5.10 Å². The van der Waals surface area contributed by atoms with Crippen molar-refractivity contribution in [1.82, 2.24) is 25.1 Å². The highest BCUT2D eigenvalue weighted by molar-refractivity contribution is 5.92. The number of nitrogens with one attached hydrogen (secondary N) is 1. The Labute approximate surface area is 184 Å². The minimum absolute atomic E-state index is 0.231. The average molecular weight is 436 g/mol. The van der Waals surface area contributed by atoms with E-state index >= 15 is 0 Å². The SMILES string of the molecule is COc1ccc(-c2ccc(=O)n(CCNC(=O)c3cc(N4CCOCC4)ncn3)n2)cc1. The molecule has 4 rings (SSSR count). The van der Waals surface area contributed by atoms with Crippen molar-refractivity contribution in [2.75, 3.05) is 44.9 Å². The third kappa shape index (κ3) is 5.09. The fourth-order valence-electron chi connectivity index (χ4n) is 3.33. The summed E-state index contributed by atoms with van der Waals surface area (Å²) in [6, 6.07) is 12.2. The van der Waals surface area contributed by atoms with Gasteiger partial charge in [-0.3, -0.25) is 9.59 Å². The summed E-state index contributed by atoms with van der Waals surface area (Å²) in [5.41, 5.74) is 1.55. The summed E-state index contributed by atoms with van der Waals surface area (Å²) < 4.78 is 11.8. The van der Waals surface area contributed by atoms with Crippen LogP contribution in [0, 0.1) is 0 Å². The van der Waals surface area contributed by atoms with Crippen LogP contribution >= 0.6 is 0 Å². The molecule has 0 unspecified atom stereocenters. The Morgan fingerprint density at radius 3 is 2.66 bits per heavy atom. The highest BCUT2D eigenvalue weighted by Gasteiger charge is 2.15. The summed E-state index contributed by atoms with van der Waals surface area (Å²) in [6.45, 7) is 3.16. The zero-order valence-corrected chi connectivity index (χ0v) is 17.7. The molecule has 0 radical (unpaired) electrons. The van der Waals surface area contributed by atoms with Gasteiger partial charge in [0.15, 0.2) is 0 Å². The number of carbonyl (C=O) groups excluding carboxylic acids is 1. The molecule has 0 atom stereocenters. The van der Waals surface area contributed by atoms with Gasteiger partial charge in [-0.15, -0.1) is 0 Å². The summed E-state index contributed by atoms with van der Waals surface area (Å²) in [4.78, 5) is 35.1. The number of benzene rings is 1. The molecule has 1 N–H and O–H groups in total. The molecule has 1 aromatic carbocycles. The van der Waals surface area contributed by atoms with Gasteiger partial charge in [-0.1, -0.05) is 0 Å². The van der Waals surface area contributed by atoms with Gasteiger partial charge >= 0.3 is 0 Å². The fourth-order valence-corrected chi connectivity index (χ4v) is 3.33. The number of anilines is 1. The Morgan fingerprint density at radius 2 is 1.91 bits per heavy atom. The van der Waals surface area contributed by atoms with Gasteiger partial charge in [0.2, 0.25) is 0 Å². The van der Waals surface area contributed by atoms with Gasteiger partial charge < -0.3 is 19.7 Å². The summed E-state index contributed by atoms with van der Waals surface area (Å²) in [5, 5.41) is 7.20. The van der Waals surface area contributed by atoms with E-state index in [0.717, 1.165) is 24.4 Å². The molecule has 3 heterocycles. The zero-order valence-electron chi connectivity index (χ0n) is 17.7. The third-order valence-corrected chi connectivity index (χ3v) is 5.08. The maximum absolute atomic E-state index is 12.5. The second-order valence-electron chi connectivity index (χ2n) is 7.13. The molecule has 0 bridgehead atoms. The molecule has 10 heteroatoms. The van der Waals surface area contributed by atoms with Crippen LogP contribution in [0.2, 0.25) is 0 Å². The van der Waals surface area contributed by atoms with Gasteiger partial charge in [0.1, 0.15) is 23.6 Å². The third-order valence-electron chi connectivity index (χ3n) is 5.08. The lowest BCUT2D eigenvalue weighted by Crippen LogP contribution is -2.37. The van der Waals surface area contributed by atoms with E-state index < -0.39 is 0 Å². The Kier molecular flexibility index (Phi) is 6.71. The van der Waals surface area contributed by atoms with Crippen molar-refractivity contribution in [1.29, 1.82) is 0 Å². The van der Waals surface area contributed by atoms with Crippen molar-refractivity contribution in [3.05, 3.63) is 64.8 Å². The van der Waals surface area contributed by atoms with Gasteiger partial charge in [0.25, 0.3) is 11.5 Å². The van der Waals surface area contributed by atoms with Crippen LogP contribution in [0.15, 0.2) is 53.6 Å². The molecular formula is C22H24N6O4. The van der Waals surface area contributed by atoms with E-state index in [2.05, 4.69) is 25.3 Å². The fraction of sp³-hybridized carbons (Fsp3) is 0.318. The molecule has 1 aliphatic heterocycles. The number of hydrogen-bond donors (Lipinski definition) is 1. The monoisotopic (exact) mass is 436 g/mol. The van der Waals surface area contributed by atoms with E-state index in [1.807, 2.05) is 24.3 Å². The molecule has 1 fully saturated rings. The average Bonchev–Trinajstić information content (AvgIpc) is 2.86. The normalized spacial score (nSPS) is 13.6. The van der Waals surface area contributed by atoms with Crippen molar-refractivity contribution < 1.29 is 14.3 Å². The number of amides is 1. The minimum atomic E-state index is -0.332. The summed E-state index contributed by atoms with van der Waals surface area (Å²) in [7, 11) is 1.60. The first-order valence-corrected chi connectivity index (χ1v) is 10.3. The first kappa shape index (κ1) is 21.4. The predicted octanol–water partition coefficient (Wildman–Crippen LogP) is 0.975. The van der Waals surface area contributed by atoms with E-state index in [4.69, 9.17) is 9.47 Å². The second-order valence-corrected chi connectivity index (χ2v) is 7.13. The van der Waals surface area contributed by atoms with Crippen LogP contribution in [0.25, 0.3) is 11.3 Å². The first-order chi connectivity index (χ1) is 15.6. The van der Waals surface area contributed by atoms with Crippen molar-refractivity contribution in [3.63, 3.8) is 0 Å². The Morgan fingerprint density at radius 1 is 1.12 bits per heavy atom. The molecule has 1 amide bonds. The van der Waals surface area contributed by atoms with E-state index in [1.54, 1.807) is 19.2 Å². The predicted molar refractivity (Wildman–Crippen MR) is 118 cm³/mol. The van der Waals surface area contributed by atoms with Crippen molar-refractivity contribution in [2.24, 2.45) is 0 Å². The minimum Gasteiger partial charge on any atom is -0.497 e. The smallest absolute Gasteiger partial charge is 0.270 e. The molecule has 1 aliphatic rings. The number of morpholine rings is 1. The summed E-state index contributed by atoms with van der Waals surface area (Å²) in [5.74, 6) is 1.10. The lowest BCUT2D eigenvalue weighted by atomic mass is 10.1. The van der Waals surface area contributed by atoms with Crippen molar-refractivity contribution in [3.8, 4) is 17.0 Å². The summed E-state index contributed by atoms with van der Waals surface area (Å²) in [6.07, 6.45) is 1.38. The molecule has 32 heavy (non-hydrogen) atoms. The quantitative estimate of drug-likeness (QED) is 0.583. The largest absolute Gasteiger partial charge is 0.497 e. The number of rotatable bonds is 7. The molecule has 0 aliphatic carbocycles. The molecule has 10 nitrogen and oxygen atoms in total. The van der Waals surface area contributed by atoms with Gasteiger partial charge in [0, 0.05) is 37.3 Å². The highest BCUT2D eigenvalue weighted by Crippen LogP contribution is 2.19. The maximum Gasteiger partial charge on any atom is 0.270 e. The van der Waals surface area contributed by atoms with Crippen LogP contribution in [0.3, 0.4) is 0 Å². The van der Waals surface area contributed by atoms with E-state index in [1.165, 1.54) is 17.1 Å². The number of aromatic nitrogens is 4. The Bertz CT molecular complexity index is 1130.